The molecule has 38 heavy (non-hydrogen) atoms. The van der Waals surface area contributed by atoms with Crippen LogP contribution in [0.15, 0.2) is 42.5 Å². The Morgan fingerprint density at radius 3 is 2.68 bits per heavy atom. The highest BCUT2D eigenvalue weighted by Crippen LogP contribution is 2.45. The van der Waals surface area contributed by atoms with E-state index in [1.54, 1.807) is 10.7 Å². The lowest BCUT2D eigenvalue weighted by atomic mass is 9.89. The maximum absolute atomic E-state index is 15.2. The van der Waals surface area contributed by atoms with Gasteiger partial charge < -0.3 is 14.6 Å². The van der Waals surface area contributed by atoms with Gasteiger partial charge in [-0.1, -0.05) is 12.1 Å². The zero-order chi connectivity index (χ0) is 26.6. The van der Waals surface area contributed by atoms with Gasteiger partial charge in [0.15, 0.2) is 5.82 Å². The second-order valence-electron chi connectivity index (χ2n) is 10.0. The molecule has 1 N–H and O–H groups in total. The van der Waals surface area contributed by atoms with Crippen LogP contribution in [0.2, 0.25) is 0 Å². The lowest BCUT2D eigenvalue weighted by Gasteiger charge is -2.19. The van der Waals surface area contributed by atoms with Gasteiger partial charge in [0, 0.05) is 35.7 Å². The van der Waals surface area contributed by atoms with E-state index in [-0.39, 0.29) is 18.2 Å². The maximum atomic E-state index is 15.2. The van der Waals surface area contributed by atoms with Gasteiger partial charge in [0.05, 0.1) is 13.0 Å². The second kappa shape index (κ2) is 9.24. The number of hydrogen-bond donors (Lipinski definition) is 1. The molecule has 0 amide bonds. The average molecular weight is 515 g/mol. The lowest BCUT2D eigenvalue weighted by molar-refractivity contribution is -0.137. The number of fused-ring (bicyclic) bond motifs is 2. The predicted molar refractivity (Wildman–Crippen MR) is 138 cm³/mol. The number of ether oxygens (including phenoxy) is 2. The molecule has 0 unspecified atom stereocenters. The van der Waals surface area contributed by atoms with Crippen molar-refractivity contribution < 1.29 is 23.8 Å². The first-order valence-corrected chi connectivity index (χ1v) is 12.6. The molecule has 3 aromatic carbocycles. The van der Waals surface area contributed by atoms with Gasteiger partial charge >= 0.3 is 5.97 Å². The Hall–Kier alpha value is -4.27. The van der Waals surface area contributed by atoms with E-state index >= 15 is 4.39 Å². The summed E-state index contributed by atoms with van der Waals surface area (Å²) in [5, 5.41) is 21.0. The number of aryl methyl sites for hydroxylation is 3. The van der Waals surface area contributed by atoms with Crippen molar-refractivity contribution in [2.24, 2.45) is 7.05 Å². The minimum Gasteiger partial charge on any atom is -0.492 e. The van der Waals surface area contributed by atoms with Crippen molar-refractivity contribution in [3.05, 3.63) is 76.1 Å². The fourth-order valence-electron chi connectivity index (χ4n) is 5.89. The third-order valence-electron chi connectivity index (χ3n) is 7.53. The number of halogens is 1. The molecule has 6 rings (SSSR count). The molecule has 9 heteroatoms. The smallest absolute Gasteiger partial charge is 0.304 e. The zero-order valence-electron chi connectivity index (χ0n) is 21.4. The number of tetrazole rings is 1. The zero-order valence-corrected chi connectivity index (χ0v) is 21.4. The Bertz CT molecular complexity index is 1560. The monoisotopic (exact) mass is 514 g/mol. The molecule has 194 valence electrons. The quantitative estimate of drug-likeness (QED) is 0.372. The molecule has 2 aliphatic rings. The van der Waals surface area contributed by atoms with Crippen LogP contribution < -0.4 is 9.47 Å². The molecule has 0 fully saturated rings. The number of aromatic nitrogens is 4. The number of carboxylic acid groups (broad SMARTS) is 1. The van der Waals surface area contributed by atoms with Gasteiger partial charge in [0.25, 0.3) is 0 Å². The minimum absolute atomic E-state index is 0.0203. The maximum Gasteiger partial charge on any atom is 0.304 e. The molecule has 2 heterocycles. The van der Waals surface area contributed by atoms with Crippen molar-refractivity contribution in [1.82, 2.24) is 20.2 Å². The van der Waals surface area contributed by atoms with Gasteiger partial charge in [-0.3, -0.25) is 4.79 Å². The summed E-state index contributed by atoms with van der Waals surface area (Å²) in [5.74, 6) is 0.593. The molecule has 1 aliphatic carbocycles. The number of carboxylic acids is 1. The van der Waals surface area contributed by atoms with Crippen molar-refractivity contribution in [3.63, 3.8) is 0 Å². The number of nitrogens with zero attached hydrogens (tertiary/aromatic N) is 4. The Kier molecular flexibility index (Phi) is 5.86. The molecular formula is C29H27FN4O4. The van der Waals surface area contributed by atoms with Crippen molar-refractivity contribution in [1.29, 1.82) is 0 Å². The fourth-order valence-corrected chi connectivity index (χ4v) is 5.89. The van der Waals surface area contributed by atoms with Crippen LogP contribution in [0.1, 0.15) is 52.7 Å². The summed E-state index contributed by atoms with van der Waals surface area (Å²) in [4.78, 5) is 11.1. The van der Waals surface area contributed by atoms with E-state index < -0.39 is 12.1 Å². The number of carbonyl (C=O) groups is 1. The van der Waals surface area contributed by atoms with E-state index in [0.29, 0.717) is 42.3 Å². The third-order valence-corrected chi connectivity index (χ3v) is 7.53. The van der Waals surface area contributed by atoms with Gasteiger partial charge in [-0.05, 0) is 89.2 Å². The number of benzene rings is 3. The van der Waals surface area contributed by atoms with Gasteiger partial charge in [-0.15, -0.1) is 5.10 Å². The summed E-state index contributed by atoms with van der Waals surface area (Å²) in [6.45, 7) is 4.44. The first-order chi connectivity index (χ1) is 18.3. The van der Waals surface area contributed by atoms with Crippen LogP contribution in [0, 0.1) is 19.7 Å². The van der Waals surface area contributed by atoms with E-state index in [1.807, 2.05) is 25.2 Å². The molecule has 2 atom stereocenters. The number of aliphatic carboxylic acids is 1. The third kappa shape index (κ3) is 4.08. The molecule has 0 bridgehead atoms. The topological polar surface area (TPSA) is 99.4 Å². The van der Waals surface area contributed by atoms with E-state index in [1.165, 1.54) is 6.07 Å². The van der Waals surface area contributed by atoms with E-state index in [4.69, 9.17) is 14.6 Å². The Morgan fingerprint density at radius 1 is 1.18 bits per heavy atom. The molecule has 0 radical (unpaired) electrons. The van der Waals surface area contributed by atoms with Gasteiger partial charge in [0.1, 0.15) is 23.4 Å². The number of rotatable bonds is 6. The van der Waals surface area contributed by atoms with Crippen LogP contribution >= 0.6 is 0 Å². The average Bonchev–Trinajstić information content (AvgIpc) is 3.59. The molecular weight excluding hydrogens is 487 g/mol. The standard InChI is InChI=1S/C29H27FN4O4/c1-15-10-17(29-31-32-33-34(29)3)11-16(2)27(15)21-6-8-23(30)28-22(21)7-9-24(28)38-19-4-5-20-18(12-26(35)36)14-37-25(20)13-19/h4-6,8,10-11,13,18,24H,7,9,12,14H2,1-3H3,(H,35,36)/t18-,24-/m1/s1. The van der Waals surface area contributed by atoms with Crippen LogP contribution in [-0.2, 0) is 18.3 Å². The summed E-state index contributed by atoms with van der Waals surface area (Å²) < 4.78 is 28.9. The highest BCUT2D eigenvalue weighted by molar-refractivity contribution is 5.78. The normalized spacial score (nSPS) is 17.7. The Labute approximate surface area is 219 Å². The molecule has 4 aromatic rings. The second-order valence-corrected chi connectivity index (χ2v) is 10.0. The minimum atomic E-state index is -0.855. The van der Waals surface area contributed by atoms with E-state index in [9.17, 15) is 4.79 Å². The van der Waals surface area contributed by atoms with Crippen molar-refractivity contribution in [3.8, 4) is 34.0 Å². The molecule has 0 saturated heterocycles. The SMILES string of the molecule is Cc1cc(-c2nnnn2C)cc(C)c1-c1ccc(F)c2c1CC[C@H]2Oc1ccc2c(c1)OC[C@H]2CC(=O)O. The van der Waals surface area contributed by atoms with Crippen molar-refractivity contribution in [2.75, 3.05) is 6.61 Å². The number of hydrogen-bond acceptors (Lipinski definition) is 6. The molecule has 0 saturated carbocycles. The van der Waals surface area contributed by atoms with Gasteiger partial charge in [-0.2, -0.15) is 0 Å². The lowest BCUT2D eigenvalue weighted by Crippen LogP contribution is -2.07. The van der Waals surface area contributed by atoms with Crippen molar-refractivity contribution in [2.45, 2.75) is 45.1 Å². The van der Waals surface area contributed by atoms with Gasteiger partial charge in [0.2, 0.25) is 0 Å². The highest BCUT2D eigenvalue weighted by atomic mass is 19.1. The molecule has 8 nitrogen and oxygen atoms in total. The Balaban J connectivity index is 1.31. The van der Waals surface area contributed by atoms with E-state index in [2.05, 4.69) is 41.5 Å². The largest absolute Gasteiger partial charge is 0.492 e. The summed E-state index contributed by atoms with van der Waals surface area (Å²) in [7, 11) is 1.81. The summed E-state index contributed by atoms with van der Waals surface area (Å²) >= 11 is 0. The fraction of sp³-hybridized carbons (Fsp3) is 0.310. The summed E-state index contributed by atoms with van der Waals surface area (Å²) in [6, 6.07) is 13.0. The van der Waals surface area contributed by atoms with Crippen LogP contribution in [0.5, 0.6) is 11.5 Å². The van der Waals surface area contributed by atoms with Crippen LogP contribution in [0.4, 0.5) is 4.39 Å². The molecule has 0 spiro atoms. The van der Waals surface area contributed by atoms with Crippen LogP contribution in [0.25, 0.3) is 22.5 Å². The molecule has 1 aliphatic heterocycles. The summed E-state index contributed by atoms with van der Waals surface area (Å²) in [6.07, 6.45) is 0.947. The predicted octanol–water partition coefficient (Wildman–Crippen LogP) is 5.32. The van der Waals surface area contributed by atoms with Crippen LogP contribution in [0.3, 0.4) is 0 Å². The first-order valence-electron chi connectivity index (χ1n) is 12.6. The van der Waals surface area contributed by atoms with E-state index in [0.717, 1.165) is 38.9 Å². The summed E-state index contributed by atoms with van der Waals surface area (Å²) in [5.41, 5.74) is 7.57. The highest BCUT2D eigenvalue weighted by Gasteiger charge is 2.32. The molecule has 1 aromatic heterocycles. The van der Waals surface area contributed by atoms with Gasteiger partial charge in [-0.25, -0.2) is 9.07 Å². The van der Waals surface area contributed by atoms with Crippen LogP contribution in [-0.4, -0.2) is 37.9 Å². The van der Waals surface area contributed by atoms with Crippen molar-refractivity contribution >= 4 is 5.97 Å². The first kappa shape index (κ1) is 24.1. The Morgan fingerprint density at radius 2 is 1.97 bits per heavy atom.